The molecule has 0 atom stereocenters. The Morgan fingerprint density at radius 2 is 0.878 bits per heavy atom. The summed E-state index contributed by atoms with van der Waals surface area (Å²) in [6.07, 6.45) is 0.750. The molecule has 0 saturated carbocycles. The minimum atomic E-state index is 0. The Bertz CT molecular complexity index is 1900. The van der Waals surface area contributed by atoms with Crippen LogP contribution in [-0.2, 0) is 4.79 Å². The standard InChI is InChI=1S/2C19H20N2.C3H7NO.2ClH/c2*1-12-5-8-18-17(9-12)19(11-15(4)20-18)21-16-7-6-13(2)14(3)10-16;1-4(2)3-5;;/h2*5-11H,1-4H3,(H,20,21);3H,1-2H3;2*1H. The van der Waals surface area contributed by atoms with Gasteiger partial charge in [-0.1, -0.05) is 35.4 Å². The molecule has 0 radical (unpaired) electrons. The van der Waals surface area contributed by atoms with Crippen molar-refractivity contribution in [2.24, 2.45) is 0 Å². The average Bonchev–Trinajstić information content (AvgIpc) is 3.02. The lowest BCUT2D eigenvalue weighted by atomic mass is 10.1. The second-order valence-electron chi connectivity index (χ2n) is 12.6. The average molecular weight is 699 g/mol. The number of amides is 1. The van der Waals surface area contributed by atoms with Gasteiger partial charge in [0, 0.05) is 59.0 Å². The number of carbonyl (C=O) groups is 1. The van der Waals surface area contributed by atoms with E-state index in [2.05, 4.69) is 147 Å². The number of halogens is 2. The number of aryl methyl sites for hydroxylation is 8. The highest BCUT2D eigenvalue weighted by molar-refractivity contribution is 5.94. The quantitative estimate of drug-likeness (QED) is 0.175. The van der Waals surface area contributed by atoms with Crippen molar-refractivity contribution in [3.63, 3.8) is 0 Å². The van der Waals surface area contributed by atoms with E-state index in [1.807, 2.05) is 13.8 Å². The molecule has 0 spiro atoms. The molecule has 0 aliphatic heterocycles. The molecule has 2 N–H and O–H groups in total. The first-order valence-corrected chi connectivity index (χ1v) is 15.9. The molecule has 49 heavy (non-hydrogen) atoms. The zero-order chi connectivity index (χ0) is 34.2. The van der Waals surface area contributed by atoms with Gasteiger partial charge in [0.1, 0.15) is 0 Å². The SMILES string of the molecule is CN(C)C=O.Cc1ccc2nc(C)cc(Nc3ccc(C)c(C)c3)c2c1.Cc1ccc2nc(C)cc(Nc3ccc(C)c(C)c3)c2c1.Cl.Cl. The Hall–Kier alpha value is -4.65. The number of anilines is 4. The number of fused-ring (bicyclic) bond motifs is 2. The summed E-state index contributed by atoms with van der Waals surface area (Å²) in [7, 11) is 3.38. The molecule has 8 heteroatoms. The van der Waals surface area contributed by atoms with Gasteiger partial charge < -0.3 is 15.5 Å². The fourth-order valence-corrected chi connectivity index (χ4v) is 5.10. The van der Waals surface area contributed by atoms with Crippen molar-refractivity contribution in [2.45, 2.75) is 55.4 Å². The van der Waals surface area contributed by atoms with Crippen molar-refractivity contribution in [2.75, 3.05) is 24.7 Å². The number of carbonyl (C=O) groups excluding carboxylic acids is 1. The van der Waals surface area contributed by atoms with Gasteiger partial charge in [-0.05, 0) is 138 Å². The van der Waals surface area contributed by atoms with Crippen LogP contribution in [0, 0.1) is 55.4 Å². The summed E-state index contributed by atoms with van der Waals surface area (Å²) in [5.74, 6) is 0. The van der Waals surface area contributed by atoms with Gasteiger partial charge in [0.05, 0.1) is 11.0 Å². The van der Waals surface area contributed by atoms with Crippen LogP contribution in [0.4, 0.5) is 22.7 Å². The largest absolute Gasteiger partial charge is 0.355 e. The summed E-state index contributed by atoms with van der Waals surface area (Å²) in [5, 5.41) is 9.42. The molecule has 0 saturated heterocycles. The molecular formula is C41H49Cl2N5O. The number of aromatic nitrogens is 2. The number of hydrogen-bond donors (Lipinski definition) is 2. The highest BCUT2D eigenvalue weighted by atomic mass is 35.5. The van der Waals surface area contributed by atoms with E-state index >= 15 is 0 Å². The van der Waals surface area contributed by atoms with Crippen LogP contribution in [0.3, 0.4) is 0 Å². The second kappa shape index (κ2) is 18.2. The number of nitrogens with zero attached hydrogens (tertiary/aromatic N) is 3. The molecule has 0 bridgehead atoms. The van der Waals surface area contributed by atoms with Crippen molar-refractivity contribution in [1.82, 2.24) is 14.9 Å². The van der Waals surface area contributed by atoms with E-state index < -0.39 is 0 Å². The lowest BCUT2D eigenvalue weighted by Crippen LogP contribution is -2.06. The van der Waals surface area contributed by atoms with E-state index in [1.54, 1.807) is 14.1 Å². The molecule has 6 rings (SSSR count). The minimum Gasteiger partial charge on any atom is -0.355 e. The minimum absolute atomic E-state index is 0. The van der Waals surface area contributed by atoms with Gasteiger partial charge >= 0.3 is 0 Å². The van der Waals surface area contributed by atoms with Gasteiger partial charge in [0.15, 0.2) is 0 Å². The zero-order valence-electron chi connectivity index (χ0n) is 30.2. The third kappa shape index (κ3) is 11.2. The van der Waals surface area contributed by atoms with Crippen molar-refractivity contribution >= 4 is 75.8 Å². The Balaban J connectivity index is 0.000000289. The fourth-order valence-electron chi connectivity index (χ4n) is 5.10. The predicted octanol–water partition coefficient (Wildman–Crippen LogP) is 11.0. The molecule has 2 heterocycles. The van der Waals surface area contributed by atoms with Crippen molar-refractivity contribution < 1.29 is 4.79 Å². The lowest BCUT2D eigenvalue weighted by molar-refractivity contribution is -0.115. The second-order valence-corrected chi connectivity index (χ2v) is 12.6. The van der Waals surface area contributed by atoms with E-state index in [4.69, 9.17) is 0 Å². The van der Waals surface area contributed by atoms with Crippen LogP contribution in [0.1, 0.15) is 44.8 Å². The molecule has 258 valence electrons. The van der Waals surface area contributed by atoms with E-state index in [-0.39, 0.29) is 24.8 Å². The molecule has 2 aromatic heterocycles. The Morgan fingerprint density at radius 3 is 1.20 bits per heavy atom. The van der Waals surface area contributed by atoms with E-state index in [9.17, 15) is 4.79 Å². The van der Waals surface area contributed by atoms with Crippen molar-refractivity contribution in [1.29, 1.82) is 0 Å². The van der Waals surface area contributed by atoms with Gasteiger partial charge in [0.25, 0.3) is 0 Å². The maximum atomic E-state index is 9.43. The van der Waals surface area contributed by atoms with Crippen LogP contribution >= 0.6 is 24.8 Å². The van der Waals surface area contributed by atoms with Crippen LogP contribution in [0.25, 0.3) is 21.8 Å². The molecule has 1 amide bonds. The predicted molar refractivity (Wildman–Crippen MR) is 215 cm³/mol. The molecule has 6 nitrogen and oxygen atoms in total. The number of benzene rings is 4. The summed E-state index contributed by atoms with van der Waals surface area (Å²) in [6, 6.07) is 29.9. The van der Waals surface area contributed by atoms with E-state index in [0.29, 0.717) is 0 Å². The smallest absolute Gasteiger partial charge is 0.209 e. The molecule has 6 aromatic rings. The van der Waals surface area contributed by atoms with Crippen LogP contribution in [-0.4, -0.2) is 35.4 Å². The molecule has 0 unspecified atom stereocenters. The van der Waals surface area contributed by atoms with E-state index in [0.717, 1.165) is 51.6 Å². The number of hydrogen-bond acceptors (Lipinski definition) is 5. The first-order valence-electron chi connectivity index (χ1n) is 15.9. The summed E-state index contributed by atoms with van der Waals surface area (Å²) in [6.45, 7) is 16.8. The van der Waals surface area contributed by atoms with Crippen LogP contribution in [0.15, 0.2) is 84.9 Å². The van der Waals surface area contributed by atoms with Gasteiger partial charge in [0.2, 0.25) is 6.41 Å². The highest BCUT2D eigenvalue weighted by Crippen LogP contribution is 2.29. The summed E-state index contributed by atoms with van der Waals surface area (Å²) >= 11 is 0. The number of rotatable bonds is 5. The molecule has 0 aliphatic carbocycles. The molecule has 0 fully saturated rings. The zero-order valence-corrected chi connectivity index (χ0v) is 31.9. The lowest BCUT2D eigenvalue weighted by Gasteiger charge is -2.12. The van der Waals surface area contributed by atoms with Crippen LogP contribution in [0.5, 0.6) is 0 Å². The summed E-state index contributed by atoms with van der Waals surface area (Å²) < 4.78 is 0. The normalized spacial score (nSPS) is 10.0. The first kappa shape index (κ1) is 40.5. The third-order valence-electron chi connectivity index (χ3n) is 7.97. The Morgan fingerprint density at radius 1 is 0.510 bits per heavy atom. The maximum absolute atomic E-state index is 9.43. The van der Waals surface area contributed by atoms with Crippen molar-refractivity contribution in [3.05, 3.63) is 130 Å². The summed E-state index contributed by atoms with van der Waals surface area (Å²) in [5.41, 5.74) is 16.3. The monoisotopic (exact) mass is 697 g/mol. The third-order valence-corrected chi connectivity index (χ3v) is 7.97. The number of pyridine rings is 2. The van der Waals surface area contributed by atoms with Crippen molar-refractivity contribution in [3.8, 4) is 0 Å². The highest BCUT2D eigenvalue weighted by Gasteiger charge is 2.07. The summed E-state index contributed by atoms with van der Waals surface area (Å²) in [4.78, 5) is 20.1. The molecule has 0 aliphatic rings. The van der Waals surface area contributed by atoms with Gasteiger partial charge in [-0.25, -0.2) is 0 Å². The van der Waals surface area contributed by atoms with Gasteiger partial charge in [-0.2, -0.15) is 0 Å². The Kier molecular flexibility index (Phi) is 15.1. The number of nitrogens with one attached hydrogen (secondary N) is 2. The topological polar surface area (TPSA) is 70.2 Å². The van der Waals surface area contributed by atoms with Gasteiger partial charge in [-0.15, -0.1) is 24.8 Å². The molecule has 4 aromatic carbocycles. The fraction of sp³-hybridized carbons (Fsp3) is 0.244. The van der Waals surface area contributed by atoms with Gasteiger partial charge in [-0.3, -0.25) is 14.8 Å². The Labute approximate surface area is 304 Å². The molecular weight excluding hydrogens is 649 g/mol. The van der Waals surface area contributed by atoms with Crippen LogP contribution < -0.4 is 10.6 Å². The maximum Gasteiger partial charge on any atom is 0.209 e. The first-order chi connectivity index (χ1) is 22.3. The van der Waals surface area contributed by atoms with Crippen LogP contribution in [0.2, 0.25) is 0 Å². The van der Waals surface area contributed by atoms with E-state index in [1.165, 1.54) is 49.1 Å².